The third kappa shape index (κ3) is 8.00. The van der Waals surface area contributed by atoms with Gasteiger partial charge >= 0.3 is 6.03 Å². The van der Waals surface area contributed by atoms with E-state index < -0.39 is 6.04 Å². The summed E-state index contributed by atoms with van der Waals surface area (Å²) in [7, 11) is 4.04. The Morgan fingerprint density at radius 2 is 1.82 bits per heavy atom. The highest BCUT2D eigenvalue weighted by molar-refractivity contribution is 14.1. The predicted molar refractivity (Wildman–Crippen MR) is 168 cm³/mol. The zero-order valence-electron chi connectivity index (χ0n) is 24.0. The van der Waals surface area contributed by atoms with Crippen LogP contribution in [0, 0.1) is 13.8 Å². The zero-order chi connectivity index (χ0) is 28.8. The maximum absolute atomic E-state index is 13.9. The van der Waals surface area contributed by atoms with Crippen LogP contribution in [0.1, 0.15) is 54.0 Å². The third-order valence-electron chi connectivity index (χ3n) is 7.89. The predicted octanol–water partition coefficient (Wildman–Crippen LogP) is 5.18. The number of aryl methyl sites for hydroxylation is 2. The van der Waals surface area contributed by atoms with Crippen LogP contribution in [-0.4, -0.2) is 88.6 Å². The van der Waals surface area contributed by atoms with Crippen molar-refractivity contribution < 1.29 is 14.3 Å². The summed E-state index contributed by atoms with van der Waals surface area (Å²) in [5.74, 6) is 0.858. The molecule has 2 saturated heterocycles. The van der Waals surface area contributed by atoms with Crippen molar-refractivity contribution in [1.82, 2.24) is 25.0 Å². The Morgan fingerprint density at radius 1 is 1.12 bits per heavy atom. The smallest absolute Gasteiger partial charge is 0.318 e. The van der Waals surface area contributed by atoms with Gasteiger partial charge in [-0.1, -0.05) is 58.0 Å². The van der Waals surface area contributed by atoms with Crippen molar-refractivity contribution >= 4 is 46.1 Å². The van der Waals surface area contributed by atoms with Crippen molar-refractivity contribution in [1.29, 1.82) is 0 Å². The fraction of sp³-hybridized carbons (Fsp3) is 0.567. The van der Waals surface area contributed by atoms with E-state index in [1.165, 1.54) is 5.56 Å². The molecule has 0 saturated carbocycles. The molecule has 2 fully saturated rings. The molecule has 0 spiro atoms. The fourth-order valence-electron chi connectivity index (χ4n) is 5.41. The Kier molecular flexibility index (Phi) is 10.9. The molecule has 0 bridgehead atoms. The molecule has 1 aromatic carbocycles. The van der Waals surface area contributed by atoms with Gasteiger partial charge in [-0.25, -0.2) is 4.79 Å². The first kappa shape index (κ1) is 30.8. The molecule has 2 atom stereocenters. The second kappa shape index (κ2) is 14.2. The Bertz CT molecular complexity index is 1180. The molecule has 1 N–H and O–H groups in total. The first-order valence-corrected chi connectivity index (χ1v) is 15.7. The van der Waals surface area contributed by atoms with E-state index in [4.69, 9.17) is 16.3 Å². The van der Waals surface area contributed by atoms with Crippen molar-refractivity contribution in [3.05, 3.63) is 57.9 Å². The van der Waals surface area contributed by atoms with E-state index >= 15 is 0 Å². The number of hydrogen-bond acceptors (Lipinski definition) is 5. The number of urea groups is 1. The summed E-state index contributed by atoms with van der Waals surface area (Å²) in [6, 6.07) is 7.36. The number of carbonyl (C=O) groups excluding carboxylic acids is 2. The summed E-state index contributed by atoms with van der Waals surface area (Å²) >= 11 is 8.61. The summed E-state index contributed by atoms with van der Waals surface area (Å²) in [4.78, 5) is 37.4. The van der Waals surface area contributed by atoms with Gasteiger partial charge in [-0.2, -0.15) is 0 Å². The number of aromatic nitrogens is 1. The fourth-order valence-corrected chi connectivity index (χ4v) is 5.74. The molecule has 3 amide bonds. The van der Waals surface area contributed by atoms with Crippen molar-refractivity contribution in [2.24, 2.45) is 0 Å². The minimum atomic E-state index is -0.606. The molecule has 2 aromatic rings. The number of alkyl halides is 1. The van der Waals surface area contributed by atoms with E-state index in [-0.39, 0.29) is 21.9 Å². The van der Waals surface area contributed by atoms with Crippen molar-refractivity contribution in [3.8, 4) is 5.75 Å². The number of amides is 3. The molecule has 40 heavy (non-hydrogen) atoms. The van der Waals surface area contributed by atoms with Crippen molar-refractivity contribution in [2.45, 2.75) is 62.0 Å². The SMILES string of the molecule is Cc1ccc(C[C@@H](NC(=O)N2CCCC2)C(=O)N2CCC(c3ncc(Cl)cc3OC[C@@H](I)N(C)C)CC2)c(C)c1. The second-order valence-electron chi connectivity index (χ2n) is 11.2. The number of pyridine rings is 1. The highest BCUT2D eigenvalue weighted by atomic mass is 127. The summed E-state index contributed by atoms with van der Waals surface area (Å²) in [5, 5.41) is 3.63. The van der Waals surface area contributed by atoms with Gasteiger partial charge in [0, 0.05) is 50.8 Å². The van der Waals surface area contributed by atoms with E-state index in [2.05, 4.69) is 69.8 Å². The van der Waals surface area contributed by atoms with Gasteiger partial charge in [-0.3, -0.25) is 14.7 Å². The highest BCUT2D eigenvalue weighted by Gasteiger charge is 2.33. The Labute approximate surface area is 256 Å². The molecule has 0 aliphatic carbocycles. The number of nitrogens with zero attached hydrogens (tertiary/aromatic N) is 4. The number of likely N-dealkylation sites (N-methyl/N-ethyl adjacent to an activating group) is 1. The number of ether oxygens (including phenoxy) is 1. The average Bonchev–Trinajstić information content (AvgIpc) is 3.48. The lowest BCUT2D eigenvalue weighted by Crippen LogP contribution is -2.54. The number of nitrogens with one attached hydrogen (secondary N) is 1. The van der Waals surface area contributed by atoms with Gasteiger partial charge in [-0.05, 0) is 64.8 Å². The van der Waals surface area contributed by atoms with Crippen LogP contribution in [0.15, 0.2) is 30.5 Å². The number of benzene rings is 1. The Morgan fingerprint density at radius 3 is 2.48 bits per heavy atom. The topological polar surface area (TPSA) is 78.0 Å². The largest absolute Gasteiger partial charge is 0.489 e. The van der Waals surface area contributed by atoms with E-state index in [0.29, 0.717) is 36.9 Å². The van der Waals surface area contributed by atoms with Crippen molar-refractivity contribution in [3.63, 3.8) is 0 Å². The van der Waals surface area contributed by atoms with Gasteiger partial charge in [0.15, 0.2) is 0 Å². The first-order valence-electron chi connectivity index (χ1n) is 14.1. The maximum atomic E-state index is 13.9. The number of rotatable bonds is 9. The van der Waals surface area contributed by atoms with Gasteiger partial charge in [0.2, 0.25) is 5.91 Å². The van der Waals surface area contributed by atoms with Crippen molar-refractivity contribution in [2.75, 3.05) is 46.9 Å². The molecule has 1 aromatic heterocycles. The molecule has 0 unspecified atom stereocenters. The van der Waals surface area contributed by atoms with Crippen LogP contribution < -0.4 is 10.1 Å². The van der Waals surface area contributed by atoms with Crippen LogP contribution in [0.3, 0.4) is 0 Å². The summed E-state index contributed by atoms with van der Waals surface area (Å²) in [6.07, 6.45) is 5.71. The molecule has 8 nitrogen and oxygen atoms in total. The Hall–Kier alpha value is -2.11. The van der Waals surface area contributed by atoms with Gasteiger partial charge in [0.1, 0.15) is 18.4 Å². The van der Waals surface area contributed by atoms with E-state index in [1.54, 1.807) is 6.20 Å². The molecule has 2 aliphatic heterocycles. The molecule has 2 aliphatic rings. The maximum Gasteiger partial charge on any atom is 0.318 e. The van der Waals surface area contributed by atoms with Crippen LogP contribution in [0.5, 0.6) is 5.75 Å². The number of halogens is 2. The Balaban J connectivity index is 1.45. The second-order valence-corrected chi connectivity index (χ2v) is 13.1. The van der Waals surface area contributed by atoms with Gasteiger partial charge < -0.3 is 19.9 Å². The van der Waals surface area contributed by atoms with Gasteiger partial charge in [0.05, 0.1) is 14.8 Å². The minimum Gasteiger partial charge on any atom is -0.489 e. The molecule has 218 valence electrons. The first-order chi connectivity index (χ1) is 19.1. The third-order valence-corrected chi connectivity index (χ3v) is 9.57. The normalized spacial score (nSPS) is 17.7. The lowest BCUT2D eigenvalue weighted by Gasteiger charge is -2.35. The van der Waals surface area contributed by atoms with Crippen LogP contribution in [-0.2, 0) is 11.2 Å². The molecule has 3 heterocycles. The summed E-state index contributed by atoms with van der Waals surface area (Å²) in [5.41, 5.74) is 4.30. The average molecular weight is 682 g/mol. The van der Waals surface area contributed by atoms with E-state index in [9.17, 15) is 9.59 Å². The van der Waals surface area contributed by atoms with Crippen LogP contribution >= 0.6 is 34.2 Å². The van der Waals surface area contributed by atoms with E-state index in [1.807, 2.05) is 30.0 Å². The summed E-state index contributed by atoms with van der Waals surface area (Å²) < 4.78 is 6.37. The van der Waals surface area contributed by atoms with Crippen LogP contribution in [0.2, 0.25) is 5.02 Å². The highest BCUT2D eigenvalue weighted by Crippen LogP contribution is 2.35. The number of piperidine rings is 1. The molecule has 4 rings (SSSR count). The number of hydrogen-bond donors (Lipinski definition) is 1. The monoisotopic (exact) mass is 681 g/mol. The molecular weight excluding hydrogens is 641 g/mol. The number of likely N-dealkylation sites (tertiary alicyclic amines) is 2. The zero-order valence-corrected chi connectivity index (χ0v) is 26.9. The van der Waals surface area contributed by atoms with Crippen LogP contribution in [0.4, 0.5) is 4.79 Å². The summed E-state index contributed by atoms with van der Waals surface area (Å²) in [6.45, 7) is 7.34. The lowest BCUT2D eigenvalue weighted by atomic mass is 9.91. The van der Waals surface area contributed by atoms with E-state index in [0.717, 1.165) is 55.6 Å². The van der Waals surface area contributed by atoms with Gasteiger partial charge in [0.25, 0.3) is 0 Å². The van der Waals surface area contributed by atoms with Crippen LogP contribution in [0.25, 0.3) is 0 Å². The minimum absolute atomic E-state index is 0.0229. The number of carbonyl (C=O) groups is 2. The lowest BCUT2D eigenvalue weighted by molar-refractivity contribution is -0.134. The standard InChI is InChI=1S/C30H41ClIN5O3/c1-20-7-8-23(21(2)15-20)16-25(34-30(39)37-11-5-6-12-37)29(38)36-13-9-22(10-14-36)28-26(17-24(31)18-33-28)40-19-27(32)35(3)4/h7-8,15,17-18,22,25,27H,5-6,9-14,16,19H2,1-4H3,(H,34,39)/t25-,27+/m1/s1. The molecular formula is C30H41ClIN5O3. The quantitative estimate of drug-likeness (QED) is 0.225. The molecule has 0 radical (unpaired) electrons. The van der Waals surface area contributed by atoms with Gasteiger partial charge in [-0.15, -0.1) is 0 Å². The molecule has 10 heteroatoms.